The first kappa shape index (κ1) is 19.9. The minimum absolute atomic E-state index is 0.283. The third-order valence-corrected chi connectivity index (χ3v) is 3.20. The summed E-state index contributed by atoms with van der Waals surface area (Å²) in [6, 6.07) is 0. The Balaban J connectivity index is 3.85. The Labute approximate surface area is 129 Å². The molecular weight excluding hydrogens is 268 g/mol. The van der Waals surface area contributed by atoms with E-state index in [-0.39, 0.29) is 11.9 Å². The van der Waals surface area contributed by atoms with E-state index in [1.165, 1.54) is 19.3 Å². The SMILES string of the molecule is CCCCCCCCC(=O)O[C@@H](CC)C(=O)OCC(C)C. The van der Waals surface area contributed by atoms with E-state index in [9.17, 15) is 9.59 Å². The van der Waals surface area contributed by atoms with E-state index in [2.05, 4.69) is 6.92 Å². The summed E-state index contributed by atoms with van der Waals surface area (Å²) in [5.41, 5.74) is 0. The molecule has 0 unspecified atom stereocenters. The summed E-state index contributed by atoms with van der Waals surface area (Å²) < 4.78 is 10.3. The van der Waals surface area contributed by atoms with Gasteiger partial charge in [-0.3, -0.25) is 4.79 Å². The fourth-order valence-electron chi connectivity index (χ4n) is 1.91. The average Bonchev–Trinajstić information content (AvgIpc) is 2.45. The lowest BCUT2D eigenvalue weighted by molar-refractivity contribution is -0.168. The van der Waals surface area contributed by atoms with Crippen molar-refractivity contribution >= 4 is 11.9 Å². The predicted octanol–water partition coefficient (Wildman–Crippen LogP) is 4.26. The van der Waals surface area contributed by atoms with Gasteiger partial charge in [0.15, 0.2) is 6.10 Å². The minimum atomic E-state index is -0.753. The molecule has 0 spiro atoms. The molecular formula is C17H32O4. The van der Waals surface area contributed by atoms with Crippen molar-refractivity contribution in [1.29, 1.82) is 0 Å². The van der Waals surface area contributed by atoms with Crippen molar-refractivity contribution < 1.29 is 19.1 Å². The molecule has 0 saturated carbocycles. The van der Waals surface area contributed by atoms with Crippen LogP contribution in [0.5, 0.6) is 0 Å². The van der Waals surface area contributed by atoms with Gasteiger partial charge in [0.2, 0.25) is 0 Å². The van der Waals surface area contributed by atoms with Gasteiger partial charge in [0.25, 0.3) is 0 Å². The molecule has 0 fully saturated rings. The molecule has 0 aliphatic carbocycles. The van der Waals surface area contributed by atoms with Gasteiger partial charge in [0, 0.05) is 6.42 Å². The quantitative estimate of drug-likeness (QED) is 0.399. The highest BCUT2D eigenvalue weighted by molar-refractivity contribution is 5.79. The first-order valence-electron chi connectivity index (χ1n) is 8.37. The zero-order chi connectivity index (χ0) is 16.1. The second-order valence-electron chi connectivity index (χ2n) is 5.93. The lowest BCUT2D eigenvalue weighted by Gasteiger charge is -2.16. The van der Waals surface area contributed by atoms with Crippen molar-refractivity contribution in [2.45, 2.75) is 85.2 Å². The molecule has 21 heavy (non-hydrogen) atoms. The zero-order valence-corrected chi connectivity index (χ0v) is 14.2. The molecule has 0 rings (SSSR count). The Bertz CT molecular complexity index is 287. The molecule has 4 heteroatoms. The fraction of sp³-hybridized carbons (Fsp3) is 0.882. The molecule has 1 atom stereocenters. The molecule has 4 nitrogen and oxygen atoms in total. The van der Waals surface area contributed by atoms with Crippen LogP contribution in [0, 0.1) is 5.92 Å². The van der Waals surface area contributed by atoms with Crippen LogP contribution in [0.15, 0.2) is 0 Å². The Morgan fingerprint density at radius 2 is 1.57 bits per heavy atom. The van der Waals surface area contributed by atoms with E-state index in [4.69, 9.17) is 9.47 Å². The molecule has 124 valence electrons. The van der Waals surface area contributed by atoms with Gasteiger partial charge in [0.1, 0.15) is 0 Å². The highest BCUT2D eigenvalue weighted by atomic mass is 16.6. The van der Waals surface area contributed by atoms with Crippen LogP contribution in [0.4, 0.5) is 0 Å². The number of rotatable bonds is 12. The third kappa shape index (κ3) is 11.3. The van der Waals surface area contributed by atoms with Crippen LogP contribution in [0.2, 0.25) is 0 Å². The van der Waals surface area contributed by atoms with E-state index in [0.717, 1.165) is 19.3 Å². The normalized spacial score (nSPS) is 12.2. The van der Waals surface area contributed by atoms with Crippen LogP contribution in [-0.4, -0.2) is 24.6 Å². The Hall–Kier alpha value is -1.06. The number of hydrogen-bond acceptors (Lipinski definition) is 4. The Morgan fingerprint density at radius 1 is 0.952 bits per heavy atom. The van der Waals surface area contributed by atoms with E-state index in [0.29, 0.717) is 19.4 Å². The number of hydrogen-bond donors (Lipinski definition) is 0. The molecule has 0 aromatic heterocycles. The maximum atomic E-state index is 11.8. The smallest absolute Gasteiger partial charge is 0.347 e. The average molecular weight is 300 g/mol. The van der Waals surface area contributed by atoms with Gasteiger partial charge < -0.3 is 9.47 Å². The lowest BCUT2D eigenvalue weighted by atomic mass is 10.1. The monoisotopic (exact) mass is 300 g/mol. The number of carbonyl (C=O) groups excluding carboxylic acids is 2. The first-order chi connectivity index (χ1) is 10.0. The standard InChI is InChI=1S/C17H32O4/c1-5-7-8-9-10-11-12-16(18)21-15(6-2)17(19)20-13-14(3)4/h14-15H,5-13H2,1-4H3/t15-/m0/s1. The maximum Gasteiger partial charge on any atom is 0.347 e. The van der Waals surface area contributed by atoms with Crippen molar-refractivity contribution in [2.24, 2.45) is 5.92 Å². The molecule has 0 saturated heterocycles. The van der Waals surface area contributed by atoms with Crippen molar-refractivity contribution in [2.75, 3.05) is 6.61 Å². The largest absolute Gasteiger partial charge is 0.463 e. The minimum Gasteiger partial charge on any atom is -0.463 e. The molecule has 0 radical (unpaired) electrons. The summed E-state index contributed by atoms with van der Waals surface area (Å²) in [6.45, 7) is 8.31. The van der Waals surface area contributed by atoms with E-state index >= 15 is 0 Å². The summed E-state index contributed by atoms with van der Waals surface area (Å²) in [5, 5.41) is 0. The molecule has 0 aliphatic rings. The highest BCUT2D eigenvalue weighted by Gasteiger charge is 2.22. The van der Waals surface area contributed by atoms with Gasteiger partial charge in [0.05, 0.1) is 6.61 Å². The topological polar surface area (TPSA) is 52.6 Å². The second-order valence-corrected chi connectivity index (χ2v) is 5.93. The number of ether oxygens (including phenoxy) is 2. The molecule has 0 heterocycles. The van der Waals surface area contributed by atoms with Crippen molar-refractivity contribution in [3.8, 4) is 0 Å². The lowest BCUT2D eigenvalue weighted by Crippen LogP contribution is -2.29. The van der Waals surface area contributed by atoms with Crippen molar-refractivity contribution in [3.05, 3.63) is 0 Å². The molecule has 0 aromatic rings. The van der Waals surface area contributed by atoms with Crippen LogP contribution in [0.3, 0.4) is 0 Å². The molecule has 0 aromatic carbocycles. The van der Waals surface area contributed by atoms with Gasteiger partial charge in [-0.05, 0) is 18.8 Å². The van der Waals surface area contributed by atoms with Crippen LogP contribution >= 0.6 is 0 Å². The number of unbranched alkanes of at least 4 members (excludes halogenated alkanes) is 5. The predicted molar refractivity (Wildman–Crippen MR) is 84.0 cm³/mol. The molecule has 0 N–H and O–H groups in total. The van der Waals surface area contributed by atoms with Crippen LogP contribution in [-0.2, 0) is 19.1 Å². The van der Waals surface area contributed by atoms with Crippen LogP contribution < -0.4 is 0 Å². The van der Waals surface area contributed by atoms with E-state index in [1.807, 2.05) is 20.8 Å². The third-order valence-electron chi connectivity index (χ3n) is 3.20. The van der Waals surface area contributed by atoms with Gasteiger partial charge in [-0.15, -0.1) is 0 Å². The summed E-state index contributed by atoms with van der Waals surface area (Å²) in [7, 11) is 0. The number of carbonyl (C=O) groups is 2. The highest BCUT2D eigenvalue weighted by Crippen LogP contribution is 2.10. The summed E-state index contributed by atoms with van der Waals surface area (Å²) >= 11 is 0. The molecule has 0 bridgehead atoms. The van der Waals surface area contributed by atoms with E-state index in [1.54, 1.807) is 0 Å². The van der Waals surface area contributed by atoms with Crippen LogP contribution in [0.1, 0.15) is 79.1 Å². The summed E-state index contributed by atoms with van der Waals surface area (Å²) in [5.74, 6) is -0.438. The van der Waals surface area contributed by atoms with Crippen LogP contribution in [0.25, 0.3) is 0 Å². The van der Waals surface area contributed by atoms with E-state index < -0.39 is 12.1 Å². The Morgan fingerprint density at radius 3 is 2.14 bits per heavy atom. The summed E-state index contributed by atoms with van der Waals surface area (Å²) in [6.07, 6.45) is 6.84. The second kappa shape index (κ2) is 12.7. The van der Waals surface area contributed by atoms with Crippen molar-refractivity contribution in [3.63, 3.8) is 0 Å². The van der Waals surface area contributed by atoms with Gasteiger partial charge in [-0.2, -0.15) is 0 Å². The molecule has 0 amide bonds. The maximum absolute atomic E-state index is 11.8. The zero-order valence-electron chi connectivity index (χ0n) is 14.2. The van der Waals surface area contributed by atoms with Gasteiger partial charge in [-0.25, -0.2) is 4.79 Å². The fourth-order valence-corrected chi connectivity index (χ4v) is 1.91. The number of esters is 2. The Kier molecular flexibility index (Phi) is 12.0. The van der Waals surface area contributed by atoms with Gasteiger partial charge >= 0.3 is 11.9 Å². The summed E-state index contributed by atoms with van der Waals surface area (Å²) in [4.78, 5) is 23.5. The molecule has 0 aliphatic heterocycles. The van der Waals surface area contributed by atoms with Gasteiger partial charge in [-0.1, -0.05) is 59.8 Å². The van der Waals surface area contributed by atoms with Crippen molar-refractivity contribution in [1.82, 2.24) is 0 Å². The first-order valence-corrected chi connectivity index (χ1v) is 8.37.